The Morgan fingerprint density at radius 1 is 1.08 bits per heavy atom. The third-order valence-electron chi connectivity index (χ3n) is 0. The van der Waals surface area contributed by atoms with Crippen LogP contribution in [0.1, 0.15) is 6.92 Å². The summed E-state index contributed by atoms with van der Waals surface area (Å²) in [5.74, 6) is -1.08. The third kappa shape index (κ3) is 184. The molecule has 11 heteroatoms. The summed E-state index contributed by atoms with van der Waals surface area (Å²) < 4.78 is 8.55. The second-order valence-electron chi connectivity index (χ2n) is 0.939. The Labute approximate surface area is 185 Å². The molecule has 0 aromatic carbocycles. The van der Waals surface area contributed by atoms with E-state index in [1.807, 2.05) is 0 Å². The number of rotatable bonds is 0. The molecule has 6 nitrogen and oxygen atoms in total. The van der Waals surface area contributed by atoms with Gasteiger partial charge in [-0.05, 0) is 6.92 Å². The van der Waals surface area contributed by atoms with Crippen molar-refractivity contribution < 1.29 is 169 Å². The van der Waals surface area contributed by atoms with E-state index in [-0.39, 0.29) is 140 Å². The topological polar surface area (TPSA) is 126 Å². The summed E-state index contributed by atoms with van der Waals surface area (Å²) in [6.07, 6.45) is 0. The minimum absolute atomic E-state index is 0. The molecule has 0 amide bonds. The van der Waals surface area contributed by atoms with Gasteiger partial charge in [0.15, 0.2) is 0 Å². The zero-order valence-corrected chi connectivity index (χ0v) is 18.4. The first kappa shape index (κ1) is 36.0. The molecule has 0 bridgehead atoms. The van der Waals surface area contributed by atoms with Crippen LogP contribution in [-0.4, -0.2) is 5.97 Å². The molecule has 56 valence electrons. The van der Waals surface area contributed by atoms with E-state index >= 15 is 0 Å². The van der Waals surface area contributed by atoms with Crippen LogP contribution < -0.4 is 160 Å². The van der Waals surface area contributed by atoms with Crippen LogP contribution in [0.5, 0.6) is 0 Å². The predicted molar refractivity (Wildman–Crippen MR) is 18.3 cm³/mol. The minimum atomic E-state index is -5.39. The largest absolute Gasteiger partial charge is 1.00 e. The van der Waals surface area contributed by atoms with Crippen LogP contribution in [0.4, 0.5) is 0 Å². The molecule has 0 rings (SSSR count). The van der Waals surface area contributed by atoms with Crippen LogP contribution in [0, 0.1) is 0 Å². The fourth-order valence-corrected chi connectivity index (χ4v) is 0. The Hall–Kier alpha value is 4.22. The van der Waals surface area contributed by atoms with Crippen LogP contribution in [0.2, 0.25) is 0 Å². The van der Waals surface area contributed by atoms with Crippen molar-refractivity contribution in [3.8, 4) is 0 Å². The van der Waals surface area contributed by atoms with Gasteiger partial charge in [0.05, 0.1) is 0 Å². The molecule has 0 fully saturated rings. The van der Waals surface area contributed by atoms with Crippen LogP contribution in [-0.2, 0) is 9.36 Å². The maximum absolute atomic E-state index is 8.89. The fourth-order valence-electron chi connectivity index (χ4n) is 0. The van der Waals surface area contributed by atoms with Crippen molar-refractivity contribution in [2.75, 3.05) is 0 Å². The number of aliphatic carboxylic acids is 1. The van der Waals surface area contributed by atoms with Crippen LogP contribution in [0.15, 0.2) is 0 Å². The van der Waals surface area contributed by atoms with Gasteiger partial charge >= 0.3 is 140 Å². The average molecular weight is 262 g/mol. The molecule has 0 aliphatic rings. The molecule has 0 heterocycles. The van der Waals surface area contributed by atoms with Gasteiger partial charge in [0, 0.05) is 5.97 Å². The van der Waals surface area contributed by atoms with Crippen molar-refractivity contribution in [1.82, 2.24) is 0 Å². The van der Waals surface area contributed by atoms with Gasteiger partial charge in [-0.3, -0.25) is 0 Å². The summed E-state index contributed by atoms with van der Waals surface area (Å²) in [5, 5.41) is 8.89. The Balaban J connectivity index is -0.0000000146. The van der Waals surface area contributed by atoms with E-state index in [4.69, 9.17) is 29.1 Å². The molecular weight excluding hydrogens is 259 g/mol. The molecule has 0 aliphatic carbocycles. The maximum Gasteiger partial charge on any atom is 1.00 e. The number of carbonyl (C=O) groups is 1. The van der Waals surface area contributed by atoms with Gasteiger partial charge < -0.3 is 29.1 Å². The van der Waals surface area contributed by atoms with Crippen molar-refractivity contribution in [2.24, 2.45) is 0 Å². The summed E-state index contributed by atoms with van der Waals surface area (Å²) in [4.78, 5) is 34.5. The van der Waals surface area contributed by atoms with Crippen molar-refractivity contribution in [1.29, 1.82) is 0 Å². The molecule has 13 heavy (non-hydrogen) atoms. The number of hydrogen-bond acceptors (Lipinski definition) is 6. The van der Waals surface area contributed by atoms with Crippen molar-refractivity contribution in [2.45, 2.75) is 6.92 Å². The molecular formula is C2H3KNa3O6P. The van der Waals surface area contributed by atoms with E-state index in [1.54, 1.807) is 0 Å². The quantitative estimate of drug-likeness (QED) is 0.315. The average Bonchev–Trinajstić information content (AvgIpc) is 1.19. The van der Waals surface area contributed by atoms with Crippen LogP contribution in [0.3, 0.4) is 0 Å². The van der Waals surface area contributed by atoms with E-state index < -0.39 is 13.8 Å². The molecule has 0 aromatic heterocycles. The van der Waals surface area contributed by atoms with Crippen LogP contribution in [0.25, 0.3) is 0 Å². The molecule has 0 radical (unpaired) electrons. The van der Waals surface area contributed by atoms with Gasteiger partial charge in [-0.25, -0.2) is 0 Å². The molecule has 0 N–H and O–H groups in total. The van der Waals surface area contributed by atoms with Gasteiger partial charge in [-0.2, -0.15) is 7.82 Å². The second kappa shape index (κ2) is 21.5. The zero-order valence-electron chi connectivity index (χ0n) is 8.40. The van der Waals surface area contributed by atoms with E-state index in [0.717, 1.165) is 6.92 Å². The Kier molecular flexibility index (Phi) is 59.5. The number of carboxylic acid groups (broad SMARTS) is 1. The van der Waals surface area contributed by atoms with Crippen molar-refractivity contribution in [3.05, 3.63) is 0 Å². The number of carbonyl (C=O) groups excluding carboxylic acids is 1. The van der Waals surface area contributed by atoms with E-state index in [2.05, 4.69) is 0 Å². The Bertz CT molecular complexity index is 126. The number of hydrogen-bond donors (Lipinski definition) is 0. The van der Waals surface area contributed by atoms with Crippen molar-refractivity contribution >= 4 is 13.8 Å². The van der Waals surface area contributed by atoms with E-state index in [1.165, 1.54) is 0 Å². The monoisotopic (exact) mass is 262 g/mol. The summed E-state index contributed by atoms with van der Waals surface area (Å²) in [7, 11) is -5.39. The summed E-state index contributed by atoms with van der Waals surface area (Å²) in [6, 6.07) is 0. The van der Waals surface area contributed by atoms with Crippen molar-refractivity contribution in [3.63, 3.8) is 0 Å². The molecule has 0 saturated carbocycles. The molecule has 0 aromatic rings. The van der Waals surface area contributed by atoms with Gasteiger partial charge in [0.25, 0.3) is 0 Å². The Morgan fingerprint density at radius 2 is 1.08 bits per heavy atom. The van der Waals surface area contributed by atoms with E-state index in [0.29, 0.717) is 0 Å². The molecule has 0 aliphatic heterocycles. The van der Waals surface area contributed by atoms with Gasteiger partial charge in [0.1, 0.15) is 0 Å². The zero-order chi connectivity index (χ0) is 8.08. The van der Waals surface area contributed by atoms with Gasteiger partial charge in [-0.1, -0.05) is 0 Å². The summed E-state index contributed by atoms with van der Waals surface area (Å²) in [5.41, 5.74) is 0. The van der Waals surface area contributed by atoms with Gasteiger partial charge in [0.2, 0.25) is 0 Å². The number of carboxylic acids is 1. The van der Waals surface area contributed by atoms with E-state index in [9.17, 15) is 0 Å². The first-order valence-corrected chi connectivity index (χ1v) is 3.10. The Morgan fingerprint density at radius 3 is 1.08 bits per heavy atom. The third-order valence-corrected chi connectivity index (χ3v) is 0. The molecule has 0 unspecified atom stereocenters. The molecule has 0 saturated heterocycles. The summed E-state index contributed by atoms with van der Waals surface area (Å²) >= 11 is 0. The first-order chi connectivity index (χ1) is 3.73. The SMILES string of the molecule is CC(=O)[O-].O=P([O-])([O-])[O-].[K+].[Na+].[Na+].[Na+]. The number of phosphoric acid groups is 1. The fraction of sp³-hybridized carbons (Fsp3) is 0.500. The minimum Gasteiger partial charge on any atom is -0.822 e. The summed E-state index contributed by atoms with van der Waals surface area (Å²) in [6.45, 7) is 0.972. The predicted octanol–water partition coefficient (Wildman–Crippen LogP) is -16.1. The standard InChI is InChI=1S/C2H4O2.K.3Na.H3O4P/c1-2(3)4;;;;;1-5(2,3)4/h1H3,(H,3,4);;;;;(H3,1,2,3,4)/q;4*+1;/p-4. The second-order valence-corrected chi connectivity index (χ2v) is 1.83. The normalized spacial score (nSPS) is 6.46. The first-order valence-electron chi connectivity index (χ1n) is 1.64. The van der Waals surface area contributed by atoms with Gasteiger partial charge in [-0.15, -0.1) is 0 Å². The molecule has 0 atom stereocenters. The molecule has 0 spiro atoms. The maximum atomic E-state index is 8.89. The smallest absolute Gasteiger partial charge is 0.822 e. The van der Waals surface area contributed by atoms with Crippen LogP contribution >= 0.6 is 7.82 Å².